The molecule has 1 unspecified atom stereocenters. The SMILES string of the molecule is CCc1cc(C(=O)NCC(C)(O)c2ccco2)sc1C. The normalized spacial score (nSPS) is 14.0. The molecule has 1 atom stereocenters. The molecule has 0 aromatic carbocycles. The summed E-state index contributed by atoms with van der Waals surface area (Å²) in [6, 6.07) is 5.31. The van der Waals surface area contributed by atoms with Gasteiger partial charge < -0.3 is 14.8 Å². The van der Waals surface area contributed by atoms with Gasteiger partial charge in [-0.05, 0) is 44.0 Å². The Morgan fingerprint density at radius 3 is 2.85 bits per heavy atom. The number of furan rings is 1. The Morgan fingerprint density at radius 2 is 2.30 bits per heavy atom. The first-order valence-corrected chi connectivity index (χ1v) is 7.39. The molecule has 2 aromatic heterocycles. The molecule has 2 rings (SSSR count). The van der Waals surface area contributed by atoms with Gasteiger partial charge in [-0.25, -0.2) is 0 Å². The molecule has 0 saturated heterocycles. The second-order valence-corrected chi connectivity index (χ2v) is 6.24. The van der Waals surface area contributed by atoms with Gasteiger partial charge in [0.1, 0.15) is 11.4 Å². The molecule has 0 fully saturated rings. The number of nitrogens with one attached hydrogen (secondary N) is 1. The van der Waals surface area contributed by atoms with E-state index in [4.69, 9.17) is 4.42 Å². The van der Waals surface area contributed by atoms with Crippen molar-refractivity contribution in [3.05, 3.63) is 45.5 Å². The molecule has 2 aromatic rings. The van der Waals surface area contributed by atoms with Crippen LogP contribution in [0.2, 0.25) is 0 Å². The highest BCUT2D eigenvalue weighted by molar-refractivity contribution is 7.14. The minimum Gasteiger partial charge on any atom is -0.466 e. The van der Waals surface area contributed by atoms with Crippen LogP contribution in [0.1, 0.15) is 39.7 Å². The van der Waals surface area contributed by atoms with E-state index in [0.717, 1.165) is 11.3 Å². The van der Waals surface area contributed by atoms with Crippen LogP contribution in [0.4, 0.5) is 0 Å². The Balaban J connectivity index is 2.01. The van der Waals surface area contributed by atoms with Crippen molar-refractivity contribution >= 4 is 17.2 Å². The fourth-order valence-corrected chi connectivity index (χ4v) is 3.02. The smallest absolute Gasteiger partial charge is 0.261 e. The number of rotatable bonds is 5. The van der Waals surface area contributed by atoms with Crippen LogP contribution in [0, 0.1) is 6.92 Å². The number of carbonyl (C=O) groups excluding carboxylic acids is 1. The lowest BCUT2D eigenvalue weighted by atomic mass is 10.0. The summed E-state index contributed by atoms with van der Waals surface area (Å²) in [6.07, 6.45) is 2.42. The van der Waals surface area contributed by atoms with Gasteiger partial charge in [0.2, 0.25) is 0 Å². The van der Waals surface area contributed by atoms with Gasteiger partial charge in [-0.2, -0.15) is 0 Å². The molecular formula is C15H19NO3S. The van der Waals surface area contributed by atoms with Crippen LogP contribution >= 0.6 is 11.3 Å². The highest BCUT2D eigenvalue weighted by Crippen LogP contribution is 2.23. The molecule has 0 bridgehead atoms. The maximum absolute atomic E-state index is 12.1. The van der Waals surface area contributed by atoms with Crippen LogP contribution in [0.5, 0.6) is 0 Å². The molecule has 0 radical (unpaired) electrons. The molecule has 0 aliphatic carbocycles. The Bertz CT molecular complexity index is 584. The standard InChI is InChI=1S/C15H19NO3S/c1-4-11-8-12(20-10(11)2)14(17)16-9-15(3,18)13-6-5-7-19-13/h5-8,18H,4,9H2,1-3H3,(H,16,17). The lowest BCUT2D eigenvalue weighted by Gasteiger charge is -2.20. The predicted molar refractivity (Wildman–Crippen MR) is 79.0 cm³/mol. The van der Waals surface area contributed by atoms with Crippen molar-refractivity contribution in [1.29, 1.82) is 0 Å². The zero-order chi connectivity index (χ0) is 14.8. The molecule has 108 valence electrons. The summed E-state index contributed by atoms with van der Waals surface area (Å²) in [4.78, 5) is 13.9. The molecule has 2 heterocycles. The van der Waals surface area contributed by atoms with Crippen LogP contribution in [0.25, 0.3) is 0 Å². The highest BCUT2D eigenvalue weighted by atomic mass is 32.1. The summed E-state index contributed by atoms with van der Waals surface area (Å²) < 4.78 is 5.18. The van der Waals surface area contributed by atoms with Gasteiger partial charge in [-0.3, -0.25) is 4.79 Å². The third-order valence-corrected chi connectivity index (χ3v) is 4.36. The summed E-state index contributed by atoms with van der Waals surface area (Å²) in [5.41, 5.74) is -0.0167. The number of hydrogen-bond acceptors (Lipinski definition) is 4. The van der Waals surface area contributed by atoms with Gasteiger partial charge in [0.25, 0.3) is 5.91 Å². The first-order valence-electron chi connectivity index (χ1n) is 6.58. The predicted octanol–water partition coefficient (Wildman–Crippen LogP) is 2.85. The zero-order valence-corrected chi connectivity index (χ0v) is 12.7. The maximum Gasteiger partial charge on any atom is 0.261 e. The monoisotopic (exact) mass is 293 g/mol. The van der Waals surface area contributed by atoms with E-state index in [0.29, 0.717) is 10.6 Å². The first-order chi connectivity index (χ1) is 9.44. The number of thiophene rings is 1. The zero-order valence-electron chi connectivity index (χ0n) is 11.9. The second-order valence-electron chi connectivity index (χ2n) is 4.98. The van der Waals surface area contributed by atoms with Gasteiger partial charge in [0.15, 0.2) is 0 Å². The van der Waals surface area contributed by atoms with E-state index >= 15 is 0 Å². The molecule has 5 heteroatoms. The fourth-order valence-electron chi connectivity index (χ4n) is 1.99. The molecule has 2 N–H and O–H groups in total. The van der Waals surface area contributed by atoms with Gasteiger partial charge in [0.05, 0.1) is 17.7 Å². The Labute approximate surface area is 122 Å². The largest absolute Gasteiger partial charge is 0.466 e. The van der Waals surface area contributed by atoms with E-state index in [9.17, 15) is 9.90 Å². The number of aliphatic hydroxyl groups is 1. The molecule has 4 nitrogen and oxygen atoms in total. The average Bonchev–Trinajstić information content (AvgIpc) is 3.05. The molecule has 0 spiro atoms. The summed E-state index contributed by atoms with van der Waals surface area (Å²) in [6.45, 7) is 5.80. The minimum atomic E-state index is -1.21. The third kappa shape index (κ3) is 3.11. The number of hydrogen-bond donors (Lipinski definition) is 2. The van der Waals surface area contributed by atoms with Crippen molar-refractivity contribution in [3.63, 3.8) is 0 Å². The van der Waals surface area contributed by atoms with Gasteiger partial charge in [0, 0.05) is 4.88 Å². The van der Waals surface area contributed by atoms with Crippen molar-refractivity contribution < 1.29 is 14.3 Å². The summed E-state index contributed by atoms with van der Waals surface area (Å²) in [5, 5.41) is 13.0. The molecular weight excluding hydrogens is 274 g/mol. The average molecular weight is 293 g/mol. The molecule has 0 saturated carbocycles. The van der Waals surface area contributed by atoms with Gasteiger partial charge in [-0.1, -0.05) is 6.92 Å². The molecule has 0 aliphatic heterocycles. The number of amides is 1. The van der Waals surface area contributed by atoms with Crippen LogP contribution in [-0.2, 0) is 12.0 Å². The minimum absolute atomic E-state index is 0.109. The lowest BCUT2D eigenvalue weighted by molar-refractivity contribution is 0.0331. The van der Waals surface area contributed by atoms with Gasteiger partial charge in [-0.15, -0.1) is 11.3 Å². The van der Waals surface area contributed by atoms with Crippen LogP contribution in [0.3, 0.4) is 0 Å². The molecule has 0 aliphatic rings. The van der Waals surface area contributed by atoms with Crippen LogP contribution in [0.15, 0.2) is 28.9 Å². The van der Waals surface area contributed by atoms with E-state index < -0.39 is 5.60 Å². The number of aryl methyl sites for hydroxylation is 2. The van der Waals surface area contributed by atoms with Gasteiger partial charge >= 0.3 is 0 Å². The van der Waals surface area contributed by atoms with E-state index in [1.807, 2.05) is 13.0 Å². The van der Waals surface area contributed by atoms with Crippen molar-refractivity contribution in [2.24, 2.45) is 0 Å². The van der Waals surface area contributed by atoms with Crippen molar-refractivity contribution in [2.75, 3.05) is 6.54 Å². The van der Waals surface area contributed by atoms with E-state index in [1.165, 1.54) is 23.2 Å². The Hall–Kier alpha value is -1.59. The quantitative estimate of drug-likeness (QED) is 0.891. The Morgan fingerprint density at radius 1 is 1.55 bits per heavy atom. The maximum atomic E-state index is 12.1. The van der Waals surface area contributed by atoms with E-state index in [1.54, 1.807) is 19.1 Å². The molecule has 20 heavy (non-hydrogen) atoms. The van der Waals surface area contributed by atoms with E-state index in [2.05, 4.69) is 12.2 Å². The van der Waals surface area contributed by atoms with Crippen LogP contribution in [-0.4, -0.2) is 17.6 Å². The number of carbonyl (C=O) groups is 1. The van der Waals surface area contributed by atoms with Crippen molar-refractivity contribution in [3.8, 4) is 0 Å². The van der Waals surface area contributed by atoms with Crippen molar-refractivity contribution in [1.82, 2.24) is 5.32 Å². The van der Waals surface area contributed by atoms with Crippen LogP contribution < -0.4 is 5.32 Å². The highest BCUT2D eigenvalue weighted by Gasteiger charge is 2.27. The van der Waals surface area contributed by atoms with E-state index in [-0.39, 0.29) is 12.5 Å². The fraction of sp³-hybridized carbons (Fsp3) is 0.400. The lowest BCUT2D eigenvalue weighted by Crippen LogP contribution is -2.38. The first kappa shape index (κ1) is 14.8. The third-order valence-electron chi connectivity index (χ3n) is 3.27. The van der Waals surface area contributed by atoms with Crippen molar-refractivity contribution in [2.45, 2.75) is 32.8 Å². The summed E-state index contributed by atoms with van der Waals surface area (Å²) >= 11 is 1.48. The summed E-state index contributed by atoms with van der Waals surface area (Å²) in [7, 11) is 0. The summed E-state index contributed by atoms with van der Waals surface area (Å²) in [5.74, 6) is 0.277. The second kappa shape index (κ2) is 5.81. The topological polar surface area (TPSA) is 62.5 Å². The molecule has 1 amide bonds. The Kier molecular flexibility index (Phi) is 4.30.